The van der Waals surface area contributed by atoms with Gasteiger partial charge in [0.2, 0.25) is 0 Å². The third kappa shape index (κ3) is 3.59. The SMILES string of the molecule is CCCCCCC(C)n1cc(C#N)c(=O)[nH]c1=O. The van der Waals surface area contributed by atoms with Crippen molar-refractivity contribution in [3.8, 4) is 6.07 Å². The summed E-state index contributed by atoms with van der Waals surface area (Å²) in [6, 6.07) is 1.79. The van der Waals surface area contributed by atoms with Gasteiger partial charge in [-0.3, -0.25) is 14.3 Å². The molecule has 18 heavy (non-hydrogen) atoms. The van der Waals surface area contributed by atoms with Crippen LogP contribution in [0.2, 0.25) is 0 Å². The van der Waals surface area contributed by atoms with Crippen LogP contribution in [0.15, 0.2) is 15.8 Å². The molecule has 1 rings (SSSR count). The maximum atomic E-state index is 11.6. The van der Waals surface area contributed by atoms with Crippen LogP contribution in [-0.4, -0.2) is 9.55 Å². The number of aromatic nitrogens is 2. The smallest absolute Gasteiger partial charge is 0.296 e. The molecule has 1 aromatic rings. The molecule has 5 heteroatoms. The summed E-state index contributed by atoms with van der Waals surface area (Å²) in [4.78, 5) is 25.1. The van der Waals surface area contributed by atoms with Crippen molar-refractivity contribution in [2.24, 2.45) is 0 Å². The van der Waals surface area contributed by atoms with Gasteiger partial charge in [-0.15, -0.1) is 0 Å². The van der Waals surface area contributed by atoms with E-state index in [0.29, 0.717) is 0 Å². The Labute approximate surface area is 106 Å². The normalized spacial score (nSPS) is 12.1. The van der Waals surface area contributed by atoms with Gasteiger partial charge in [-0.1, -0.05) is 32.6 Å². The first-order valence-electron chi connectivity index (χ1n) is 6.35. The lowest BCUT2D eigenvalue weighted by Crippen LogP contribution is -2.32. The maximum absolute atomic E-state index is 11.6. The molecule has 1 atom stereocenters. The van der Waals surface area contributed by atoms with Crippen molar-refractivity contribution in [1.82, 2.24) is 9.55 Å². The fourth-order valence-electron chi connectivity index (χ4n) is 1.90. The molecule has 1 unspecified atom stereocenters. The number of aromatic amines is 1. The lowest BCUT2D eigenvalue weighted by molar-refractivity contribution is 0.453. The molecule has 0 saturated carbocycles. The molecule has 5 nitrogen and oxygen atoms in total. The van der Waals surface area contributed by atoms with Crippen LogP contribution in [0.5, 0.6) is 0 Å². The maximum Gasteiger partial charge on any atom is 0.328 e. The highest BCUT2D eigenvalue weighted by atomic mass is 16.2. The van der Waals surface area contributed by atoms with Gasteiger partial charge < -0.3 is 0 Å². The van der Waals surface area contributed by atoms with Crippen LogP contribution >= 0.6 is 0 Å². The molecular weight excluding hydrogens is 230 g/mol. The van der Waals surface area contributed by atoms with Gasteiger partial charge in [0.15, 0.2) is 0 Å². The Morgan fingerprint density at radius 2 is 2.11 bits per heavy atom. The lowest BCUT2D eigenvalue weighted by Gasteiger charge is -2.14. The third-order valence-corrected chi connectivity index (χ3v) is 3.04. The molecule has 98 valence electrons. The van der Waals surface area contributed by atoms with Gasteiger partial charge >= 0.3 is 5.69 Å². The Kier molecular flexibility index (Phi) is 5.37. The monoisotopic (exact) mass is 249 g/mol. The number of nitrogens with zero attached hydrogens (tertiary/aromatic N) is 2. The van der Waals surface area contributed by atoms with E-state index in [0.717, 1.165) is 19.3 Å². The van der Waals surface area contributed by atoms with E-state index in [2.05, 4.69) is 11.9 Å². The first-order valence-corrected chi connectivity index (χ1v) is 6.35. The summed E-state index contributed by atoms with van der Waals surface area (Å²) in [5.74, 6) is 0. The zero-order valence-corrected chi connectivity index (χ0v) is 10.9. The van der Waals surface area contributed by atoms with E-state index < -0.39 is 11.2 Å². The molecule has 0 amide bonds. The number of rotatable bonds is 6. The first kappa shape index (κ1) is 14.2. The molecule has 0 radical (unpaired) electrons. The molecule has 0 saturated heterocycles. The molecule has 0 fully saturated rings. The summed E-state index contributed by atoms with van der Waals surface area (Å²) in [5, 5.41) is 8.78. The predicted octanol–water partition coefficient (Wildman–Crippen LogP) is 1.94. The number of unbranched alkanes of at least 4 members (excludes halogenated alkanes) is 3. The van der Waals surface area contributed by atoms with Gasteiger partial charge in [-0.25, -0.2) is 4.79 Å². The van der Waals surface area contributed by atoms with Gasteiger partial charge in [0.25, 0.3) is 5.56 Å². The molecule has 1 N–H and O–H groups in total. The second-order valence-electron chi connectivity index (χ2n) is 4.52. The minimum atomic E-state index is -0.614. The molecule has 0 aliphatic rings. The summed E-state index contributed by atoms with van der Waals surface area (Å²) in [6.45, 7) is 4.07. The van der Waals surface area contributed by atoms with Crippen LogP contribution in [-0.2, 0) is 0 Å². The highest BCUT2D eigenvalue weighted by molar-refractivity contribution is 5.21. The Balaban J connectivity index is 2.80. The van der Waals surface area contributed by atoms with E-state index in [9.17, 15) is 9.59 Å². The van der Waals surface area contributed by atoms with E-state index in [1.165, 1.54) is 23.6 Å². The van der Waals surface area contributed by atoms with Crippen molar-refractivity contribution in [1.29, 1.82) is 5.26 Å². The fourth-order valence-corrected chi connectivity index (χ4v) is 1.90. The van der Waals surface area contributed by atoms with Crippen molar-refractivity contribution >= 4 is 0 Å². The lowest BCUT2D eigenvalue weighted by atomic mass is 10.1. The summed E-state index contributed by atoms with van der Waals surface area (Å²) >= 11 is 0. The van der Waals surface area contributed by atoms with Crippen LogP contribution < -0.4 is 11.2 Å². The third-order valence-electron chi connectivity index (χ3n) is 3.04. The molecule has 0 aromatic carbocycles. The summed E-state index contributed by atoms with van der Waals surface area (Å²) in [6.07, 6.45) is 6.78. The molecular formula is C13H19N3O2. The van der Waals surface area contributed by atoms with Crippen molar-refractivity contribution in [3.05, 3.63) is 32.6 Å². The van der Waals surface area contributed by atoms with Gasteiger partial charge in [0.05, 0.1) is 0 Å². The highest BCUT2D eigenvalue weighted by Gasteiger charge is 2.09. The molecule has 1 heterocycles. The van der Waals surface area contributed by atoms with Crippen LogP contribution in [0, 0.1) is 11.3 Å². The second kappa shape index (κ2) is 6.80. The van der Waals surface area contributed by atoms with Gasteiger partial charge in [0.1, 0.15) is 11.6 Å². The Bertz CT molecular complexity index is 536. The average Bonchev–Trinajstić information content (AvgIpc) is 2.34. The predicted molar refractivity (Wildman–Crippen MR) is 69.5 cm³/mol. The zero-order chi connectivity index (χ0) is 13.5. The van der Waals surface area contributed by atoms with Gasteiger partial charge in [-0.05, 0) is 13.3 Å². The fraction of sp³-hybridized carbons (Fsp3) is 0.615. The molecule has 0 spiro atoms. The number of nitriles is 1. The van der Waals surface area contributed by atoms with E-state index in [1.807, 2.05) is 6.92 Å². The number of H-pyrrole nitrogens is 1. The Morgan fingerprint density at radius 3 is 2.72 bits per heavy atom. The number of nitrogens with one attached hydrogen (secondary N) is 1. The van der Waals surface area contributed by atoms with Crippen LogP contribution in [0.25, 0.3) is 0 Å². The van der Waals surface area contributed by atoms with Crippen molar-refractivity contribution in [3.63, 3.8) is 0 Å². The van der Waals surface area contributed by atoms with Gasteiger partial charge in [-0.2, -0.15) is 5.26 Å². The Morgan fingerprint density at radius 1 is 1.39 bits per heavy atom. The van der Waals surface area contributed by atoms with E-state index in [4.69, 9.17) is 5.26 Å². The number of hydrogen-bond donors (Lipinski definition) is 1. The van der Waals surface area contributed by atoms with Crippen molar-refractivity contribution in [2.75, 3.05) is 0 Å². The minimum absolute atomic E-state index is 0.00157. The molecule has 0 aliphatic heterocycles. The second-order valence-corrected chi connectivity index (χ2v) is 4.52. The minimum Gasteiger partial charge on any atom is -0.296 e. The summed E-state index contributed by atoms with van der Waals surface area (Å²) in [7, 11) is 0. The van der Waals surface area contributed by atoms with Crippen LogP contribution in [0.1, 0.15) is 57.6 Å². The molecule has 0 bridgehead atoms. The quantitative estimate of drug-likeness (QED) is 0.782. The van der Waals surface area contributed by atoms with Crippen LogP contribution in [0.3, 0.4) is 0 Å². The average molecular weight is 249 g/mol. The van der Waals surface area contributed by atoms with E-state index in [-0.39, 0.29) is 11.6 Å². The highest BCUT2D eigenvalue weighted by Crippen LogP contribution is 2.13. The van der Waals surface area contributed by atoms with Crippen molar-refractivity contribution in [2.45, 2.75) is 52.0 Å². The van der Waals surface area contributed by atoms with Crippen LogP contribution in [0.4, 0.5) is 0 Å². The summed E-state index contributed by atoms with van der Waals surface area (Å²) in [5.41, 5.74) is -1.08. The van der Waals surface area contributed by atoms with Crippen molar-refractivity contribution < 1.29 is 0 Å². The molecule has 1 aromatic heterocycles. The number of hydrogen-bond acceptors (Lipinski definition) is 3. The first-order chi connectivity index (χ1) is 8.60. The van der Waals surface area contributed by atoms with E-state index >= 15 is 0 Å². The zero-order valence-electron chi connectivity index (χ0n) is 10.9. The van der Waals surface area contributed by atoms with E-state index in [1.54, 1.807) is 6.07 Å². The molecule has 0 aliphatic carbocycles. The Hall–Kier alpha value is -1.83. The topological polar surface area (TPSA) is 78.7 Å². The van der Waals surface area contributed by atoms with Gasteiger partial charge in [0, 0.05) is 12.2 Å². The summed E-state index contributed by atoms with van der Waals surface area (Å²) < 4.78 is 1.44. The largest absolute Gasteiger partial charge is 0.328 e. The standard InChI is InChI=1S/C13H19N3O2/c1-3-4-5-6-7-10(2)16-9-11(8-14)12(17)15-13(16)18/h9-10H,3-7H2,1-2H3,(H,15,17,18).